The van der Waals surface area contributed by atoms with Gasteiger partial charge in [0.15, 0.2) is 0 Å². The third kappa shape index (κ3) is 3.81. The summed E-state index contributed by atoms with van der Waals surface area (Å²) in [4.78, 5) is 4.49. The van der Waals surface area contributed by atoms with Gasteiger partial charge < -0.3 is 9.84 Å². The number of rotatable bonds is 5. The molecule has 1 aromatic carbocycles. The van der Waals surface area contributed by atoms with Crippen LogP contribution in [0.3, 0.4) is 0 Å². The lowest BCUT2D eigenvalue weighted by molar-refractivity contribution is 0.280. The van der Waals surface area contributed by atoms with Gasteiger partial charge in [-0.05, 0) is 42.7 Å². The van der Waals surface area contributed by atoms with E-state index in [1.165, 1.54) is 0 Å². The Hall–Kier alpha value is -1.39. The van der Waals surface area contributed by atoms with Gasteiger partial charge in [-0.15, -0.1) is 0 Å². The highest BCUT2D eigenvalue weighted by atomic mass is 79.9. The maximum absolute atomic E-state index is 9.33. The fourth-order valence-corrected chi connectivity index (χ4v) is 2.28. The summed E-state index contributed by atoms with van der Waals surface area (Å²) in [5.74, 6) is 1.30. The number of pyridine rings is 1. The highest BCUT2D eigenvalue weighted by Crippen LogP contribution is 2.28. The average Bonchev–Trinajstić information content (AvgIpc) is 2.43. The molecule has 0 aliphatic rings. The molecule has 0 saturated heterocycles. The van der Waals surface area contributed by atoms with Gasteiger partial charge in [0.1, 0.15) is 5.75 Å². The van der Waals surface area contributed by atoms with Crippen molar-refractivity contribution in [1.29, 1.82) is 0 Å². The SMILES string of the molecule is CCCc1cc(CO)cc(Oc2cc(Br)ccc2C)n1. The molecule has 2 aromatic rings. The molecule has 3 nitrogen and oxygen atoms in total. The second-order valence-electron chi connectivity index (χ2n) is 4.72. The highest BCUT2D eigenvalue weighted by Gasteiger charge is 2.07. The van der Waals surface area contributed by atoms with Crippen LogP contribution in [0.2, 0.25) is 0 Å². The fraction of sp³-hybridized carbons (Fsp3) is 0.312. The van der Waals surface area contributed by atoms with Crippen LogP contribution in [0.15, 0.2) is 34.8 Å². The molecule has 0 amide bonds. The van der Waals surface area contributed by atoms with E-state index in [4.69, 9.17) is 4.74 Å². The summed E-state index contributed by atoms with van der Waals surface area (Å²) in [5.41, 5.74) is 2.81. The van der Waals surface area contributed by atoms with Crippen LogP contribution in [0.4, 0.5) is 0 Å². The minimum Gasteiger partial charge on any atom is -0.439 e. The predicted octanol–water partition coefficient (Wildman–Crippen LogP) is 4.39. The van der Waals surface area contributed by atoms with E-state index in [0.29, 0.717) is 5.88 Å². The summed E-state index contributed by atoms with van der Waals surface area (Å²) < 4.78 is 6.83. The Balaban J connectivity index is 2.32. The Morgan fingerprint density at radius 1 is 1.25 bits per heavy atom. The summed E-state index contributed by atoms with van der Waals surface area (Å²) in [6, 6.07) is 9.58. The molecule has 2 rings (SSSR count). The van der Waals surface area contributed by atoms with Crippen LogP contribution in [0.25, 0.3) is 0 Å². The zero-order valence-corrected chi connectivity index (χ0v) is 13.3. The van der Waals surface area contributed by atoms with Crippen molar-refractivity contribution < 1.29 is 9.84 Å². The molecule has 1 heterocycles. The van der Waals surface area contributed by atoms with Crippen molar-refractivity contribution in [3.8, 4) is 11.6 Å². The van der Waals surface area contributed by atoms with E-state index in [1.54, 1.807) is 6.07 Å². The number of aliphatic hydroxyl groups excluding tert-OH is 1. The van der Waals surface area contributed by atoms with E-state index in [2.05, 4.69) is 27.8 Å². The maximum Gasteiger partial charge on any atom is 0.219 e. The fourth-order valence-electron chi connectivity index (χ4n) is 1.94. The van der Waals surface area contributed by atoms with Gasteiger partial charge in [-0.3, -0.25) is 0 Å². The van der Waals surface area contributed by atoms with E-state index in [-0.39, 0.29) is 6.61 Å². The Morgan fingerprint density at radius 3 is 2.75 bits per heavy atom. The smallest absolute Gasteiger partial charge is 0.219 e. The quantitative estimate of drug-likeness (QED) is 0.881. The third-order valence-electron chi connectivity index (χ3n) is 2.97. The van der Waals surface area contributed by atoms with Crippen molar-refractivity contribution in [3.63, 3.8) is 0 Å². The molecular formula is C16H18BrNO2. The van der Waals surface area contributed by atoms with Crippen molar-refractivity contribution in [1.82, 2.24) is 4.98 Å². The molecule has 0 radical (unpaired) electrons. The van der Waals surface area contributed by atoms with Crippen LogP contribution in [-0.2, 0) is 13.0 Å². The van der Waals surface area contributed by atoms with Crippen LogP contribution in [0.5, 0.6) is 11.6 Å². The van der Waals surface area contributed by atoms with E-state index in [1.807, 2.05) is 31.2 Å². The van der Waals surface area contributed by atoms with Crippen molar-refractivity contribution in [2.75, 3.05) is 0 Å². The summed E-state index contributed by atoms with van der Waals surface area (Å²) in [7, 11) is 0. The Labute approximate surface area is 127 Å². The molecule has 0 spiro atoms. The number of ether oxygens (including phenoxy) is 1. The number of aromatic nitrogens is 1. The molecule has 106 valence electrons. The van der Waals surface area contributed by atoms with E-state index >= 15 is 0 Å². The molecular weight excluding hydrogens is 318 g/mol. The summed E-state index contributed by atoms with van der Waals surface area (Å²) in [6.07, 6.45) is 1.89. The molecule has 20 heavy (non-hydrogen) atoms. The first-order chi connectivity index (χ1) is 9.62. The monoisotopic (exact) mass is 335 g/mol. The molecule has 0 aliphatic carbocycles. The summed E-state index contributed by atoms with van der Waals surface area (Å²) in [5, 5.41) is 9.33. The molecule has 0 bridgehead atoms. The third-order valence-corrected chi connectivity index (χ3v) is 3.46. The highest BCUT2D eigenvalue weighted by molar-refractivity contribution is 9.10. The zero-order valence-electron chi connectivity index (χ0n) is 11.7. The molecule has 0 aliphatic heterocycles. The Kier molecular flexibility index (Phi) is 5.15. The molecule has 0 atom stereocenters. The average molecular weight is 336 g/mol. The molecule has 1 aromatic heterocycles. The van der Waals surface area contributed by atoms with Gasteiger partial charge in [0, 0.05) is 16.2 Å². The van der Waals surface area contributed by atoms with Crippen molar-refractivity contribution >= 4 is 15.9 Å². The van der Waals surface area contributed by atoms with Crippen molar-refractivity contribution in [2.24, 2.45) is 0 Å². The second-order valence-corrected chi connectivity index (χ2v) is 5.64. The summed E-state index contributed by atoms with van der Waals surface area (Å²) >= 11 is 3.44. The first-order valence-electron chi connectivity index (χ1n) is 6.67. The van der Waals surface area contributed by atoms with E-state index < -0.39 is 0 Å². The van der Waals surface area contributed by atoms with Crippen LogP contribution >= 0.6 is 15.9 Å². The molecule has 0 saturated carbocycles. The largest absolute Gasteiger partial charge is 0.439 e. The number of aryl methyl sites for hydroxylation is 2. The minimum atomic E-state index is -0.00688. The van der Waals surface area contributed by atoms with Gasteiger partial charge in [0.2, 0.25) is 5.88 Å². The normalized spacial score (nSPS) is 10.6. The number of nitrogens with zero attached hydrogens (tertiary/aromatic N) is 1. The van der Waals surface area contributed by atoms with Crippen LogP contribution < -0.4 is 4.74 Å². The van der Waals surface area contributed by atoms with Gasteiger partial charge in [-0.2, -0.15) is 0 Å². The number of halogens is 1. The standard InChI is InChI=1S/C16H18BrNO2/c1-3-4-14-7-12(10-19)8-16(18-14)20-15-9-13(17)6-5-11(15)2/h5-9,19H,3-4,10H2,1-2H3. The lowest BCUT2D eigenvalue weighted by Crippen LogP contribution is -1.97. The lowest BCUT2D eigenvalue weighted by atomic mass is 10.2. The van der Waals surface area contributed by atoms with Crippen molar-refractivity contribution in [2.45, 2.75) is 33.3 Å². The second kappa shape index (κ2) is 6.86. The van der Waals surface area contributed by atoms with Crippen molar-refractivity contribution in [3.05, 3.63) is 51.6 Å². The predicted molar refractivity (Wildman–Crippen MR) is 83.1 cm³/mol. The zero-order chi connectivity index (χ0) is 14.5. The first-order valence-corrected chi connectivity index (χ1v) is 7.46. The van der Waals surface area contributed by atoms with E-state index in [9.17, 15) is 5.11 Å². The molecule has 0 fully saturated rings. The van der Waals surface area contributed by atoms with Crippen LogP contribution in [0, 0.1) is 6.92 Å². The number of benzene rings is 1. The molecule has 4 heteroatoms. The first kappa shape index (κ1) is 15.0. The van der Waals surface area contributed by atoms with Gasteiger partial charge in [0.05, 0.1) is 6.61 Å². The number of hydrogen-bond acceptors (Lipinski definition) is 3. The topological polar surface area (TPSA) is 42.4 Å². The van der Waals surface area contributed by atoms with Crippen LogP contribution in [0.1, 0.15) is 30.2 Å². The molecule has 1 N–H and O–H groups in total. The Bertz CT molecular complexity index is 599. The Morgan fingerprint density at radius 2 is 2.05 bits per heavy atom. The molecule has 0 unspecified atom stereocenters. The van der Waals surface area contributed by atoms with Gasteiger partial charge in [0.25, 0.3) is 0 Å². The minimum absolute atomic E-state index is 0.00688. The number of aliphatic hydroxyl groups is 1. The van der Waals surface area contributed by atoms with Gasteiger partial charge in [-0.25, -0.2) is 4.98 Å². The number of hydrogen-bond donors (Lipinski definition) is 1. The lowest BCUT2D eigenvalue weighted by Gasteiger charge is -2.11. The van der Waals surface area contributed by atoms with E-state index in [0.717, 1.165) is 39.9 Å². The van der Waals surface area contributed by atoms with Crippen LogP contribution in [-0.4, -0.2) is 10.1 Å². The maximum atomic E-state index is 9.33. The van der Waals surface area contributed by atoms with Gasteiger partial charge >= 0.3 is 0 Å². The summed E-state index contributed by atoms with van der Waals surface area (Å²) in [6.45, 7) is 4.09. The van der Waals surface area contributed by atoms with Gasteiger partial charge in [-0.1, -0.05) is 35.3 Å².